The van der Waals surface area contributed by atoms with Crippen molar-refractivity contribution in [3.05, 3.63) is 42.5 Å². The quantitative estimate of drug-likeness (QED) is 0.642. The Labute approximate surface area is 128 Å². The molecule has 3 N–H and O–H groups in total. The molecule has 5 rings (SSSR count). The fraction of sp³-hybridized carbons (Fsp3) is 0.375. The maximum absolute atomic E-state index is 3.90. The second kappa shape index (κ2) is 5.70. The summed E-state index contributed by atoms with van der Waals surface area (Å²) in [5.41, 5.74) is 0. The third-order valence-corrected chi connectivity index (χ3v) is 12.2. The van der Waals surface area contributed by atoms with E-state index in [0.717, 1.165) is 19.6 Å². The van der Waals surface area contributed by atoms with Gasteiger partial charge in [0.25, 0.3) is 0 Å². The SMILES string of the molecule is c1ccc2[c]([Ge]34[NH]CCN(CC[NH]3)CC[NH]4)cccc2c1. The zero-order valence-corrected chi connectivity index (χ0v) is 14.3. The molecule has 3 aliphatic heterocycles. The van der Waals surface area contributed by atoms with E-state index in [-0.39, 0.29) is 0 Å². The van der Waals surface area contributed by atoms with Crippen LogP contribution in [0.3, 0.4) is 0 Å². The van der Waals surface area contributed by atoms with Crippen molar-refractivity contribution in [3.8, 4) is 0 Å². The first-order valence-electron chi connectivity index (χ1n) is 7.83. The van der Waals surface area contributed by atoms with E-state index in [9.17, 15) is 0 Å². The predicted octanol–water partition coefficient (Wildman–Crippen LogP) is 0.0837. The van der Waals surface area contributed by atoms with Crippen molar-refractivity contribution in [1.29, 1.82) is 0 Å². The Morgan fingerprint density at radius 3 is 2.10 bits per heavy atom. The molecule has 2 aromatic rings. The second-order valence-electron chi connectivity index (χ2n) is 5.90. The third-order valence-electron chi connectivity index (χ3n) is 4.65. The van der Waals surface area contributed by atoms with Crippen molar-refractivity contribution in [3.63, 3.8) is 0 Å². The standard InChI is InChI=1S/C16H22GeN4/c1-2-6-15-14(4-1)5-3-7-16(15)17-18-8-11-21(12-9-19-17)13-10-20-17/h1-7,18-20H,8-13H2. The Morgan fingerprint density at radius 2 is 1.38 bits per heavy atom. The van der Waals surface area contributed by atoms with Gasteiger partial charge in [-0.05, 0) is 0 Å². The van der Waals surface area contributed by atoms with E-state index in [1.165, 1.54) is 34.8 Å². The minimum atomic E-state index is -2.65. The first kappa shape index (κ1) is 13.7. The van der Waals surface area contributed by atoms with Crippen LogP contribution in [0.5, 0.6) is 0 Å². The molecule has 3 saturated heterocycles. The van der Waals surface area contributed by atoms with Gasteiger partial charge in [0.1, 0.15) is 0 Å². The Kier molecular flexibility index (Phi) is 3.73. The number of hydrogen-bond donors (Lipinski definition) is 3. The van der Waals surface area contributed by atoms with E-state index in [0.29, 0.717) is 0 Å². The Hall–Kier alpha value is -0.917. The first-order chi connectivity index (χ1) is 10.4. The Morgan fingerprint density at radius 1 is 0.762 bits per heavy atom. The molecule has 3 fully saturated rings. The van der Waals surface area contributed by atoms with Gasteiger partial charge in [0.2, 0.25) is 0 Å². The molecule has 0 saturated carbocycles. The van der Waals surface area contributed by atoms with Crippen molar-refractivity contribution < 1.29 is 0 Å². The van der Waals surface area contributed by atoms with Gasteiger partial charge in [-0.15, -0.1) is 0 Å². The van der Waals surface area contributed by atoms with Gasteiger partial charge >= 0.3 is 129 Å². The van der Waals surface area contributed by atoms with Crippen LogP contribution in [0.2, 0.25) is 0 Å². The van der Waals surface area contributed by atoms with Crippen molar-refractivity contribution in [1.82, 2.24) is 17.7 Å². The Bertz CT molecular complexity index is 613. The zero-order valence-electron chi connectivity index (χ0n) is 12.2. The number of fused-ring (bicyclic) bond motifs is 7. The molecule has 0 radical (unpaired) electrons. The van der Waals surface area contributed by atoms with Gasteiger partial charge in [0.15, 0.2) is 0 Å². The second-order valence-corrected chi connectivity index (χ2v) is 12.4. The molecule has 5 heteroatoms. The van der Waals surface area contributed by atoms with E-state index >= 15 is 0 Å². The summed E-state index contributed by atoms with van der Waals surface area (Å²) in [5, 5.41) is 2.73. The van der Waals surface area contributed by atoms with Crippen LogP contribution in [0.15, 0.2) is 42.5 Å². The molecule has 0 atom stereocenters. The fourth-order valence-corrected chi connectivity index (χ4v) is 10.7. The van der Waals surface area contributed by atoms with Crippen molar-refractivity contribution in [2.45, 2.75) is 0 Å². The van der Waals surface area contributed by atoms with Gasteiger partial charge in [-0.3, -0.25) is 0 Å². The summed E-state index contributed by atoms with van der Waals surface area (Å²) in [6.07, 6.45) is 0. The summed E-state index contributed by atoms with van der Waals surface area (Å²) in [5.74, 6) is 0. The van der Waals surface area contributed by atoms with Gasteiger partial charge in [-0.25, -0.2) is 0 Å². The summed E-state index contributed by atoms with van der Waals surface area (Å²) in [6.45, 7) is 6.72. The molecule has 3 heterocycles. The van der Waals surface area contributed by atoms with Gasteiger partial charge in [-0.1, -0.05) is 0 Å². The predicted molar refractivity (Wildman–Crippen MR) is 89.8 cm³/mol. The van der Waals surface area contributed by atoms with Crippen molar-refractivity contribution >= 4 is 29.1 Å². The average Bonchev–Trinajstić information content (AvgIpc) is 2.45. The topological polar surface area (TPSA) is 39.3 Å². The maximum atomic E-state index is 3.90. The molecular weight excluding hydrogens is 321 g/mol. The van der Waals surface area contributed by atoms with E-state index in [1.807, 2.05) is 0 Å². The summed E-state index contributed by atoms with van der Waals surface area (Å²) < 4.78 is 13.2. The first-order valence-corrected chi connectivity index (χ1v) is 12.0. The number of rotatable bonds is 1. The van der Waals surface area contributed by atoms with Gasteiger partial charge in [-0.2, -0.15) is 0 Å². The molecule has 0 amide bonds. The number of nitrogens with one attached hydrogen (secondary N) is 3. The van der Waals surface area contributed by atoms with Crippen LogP contribution in [-0.4, -0.2) is 58.1 Å². The summed E-state index contributed by atoms with van der Waals surface area (Å²) >= 11 is -2.65. The van der Waals surface area contributed by atoms with E-state index in [1.54, 1.807) is 0 Å². The zero-order chi connectivity index (χ0) is 14.1. The minimum absolute atomic E-state index is 1.07. The van der Waals surface area contributed by atoms with Crippen molar-refractivity contribution in [2.24, 2.45) is 0 Å². The van der Waals surface area contributed by atoms with Crippen LogP contribution >= 0.6 is 0 Å². The van der Waals surface area contributed by atoms with Crippen LogP contribution in [-0.2, 0) is 0 Å². The number of nitrogens with zero attached hydrogens (tertiary/aromatic N) is 1. The molecule has 0 aliphatic carbocycles. The van der Waals surface area contributed by atoms with Crippen LogP contribution in [0.4, 0.5) is 0 Å². The van der Waals surface area contributed by atoms with Crippen molar-refractivity contribution in [2.75, 3.05) is 39.3 Å². The molecule has 2 aromatic carbocycles. The molecule has 110 valence electrons. The van der Waals surface area contributed by atoms with E-state index < -0.39 is 13.9 Å². The number of hydrogen-bond acceptors (Lipinski definition) is 4. The average molecular weight is 343 g/mol. The summed E-state index contributed by atoms with van der Waals surface area (Å²) in [6, 6.07) is 15.5. The molecule has 0 aromatic heterocycles. The molecule has 4 nitrogen and oxygen atoms in total. The molecule has 3 aliphatic rings. The number of benzene rings is 2. The van der Waals surface area contributed by atoms with Gasteiger partial charge in [0, 0.05) is 0 Å². The molecular formula is C16H22GeN4. The molecule has 2 bridgehead atoms. The van der Waals surface area contributed by atoms with Gasteiger partial charge < -0.3 is 0 Å². The van der Waals surface area contributed by atoms with E-state index in [4.69, 9.17) is 0 Å². The molecule has 0 unspecified atom stereocenters. The van der Waals surface area contributed by atoms with Crippen LogP contribution in [0, 0.1) is 0 Å². The van der Waals surface area contributed by atoms with Crippen LogP contribution in [0.1, 0.15) is 0 Å². The third kappa shape index (κ3) is 2.51. The van der Waals surface area contributed by atoms with E-state index in [2.05, 4.69) is 60.2 Å². The van der Waals surface area contributed by atoms with Crippen LogP contribution < -0.4 is 17.2 Å². The summed E-state index contributed by atoms with van der Waals surface area (Å²) in [4.78, 5) is 2.53. The molecule has 0 spiro atoms. The normalized spacial score (nSPS) is 29.8. The summed E-state index contributed by atoms with van der Waals surface area (Å²) in [7, 11) is 0. The van der Waals surface area contributed by atoms with Gasteiger partial charge in [0.05, 0.1) is 0 Å². The Balaban J connectivity index is 1.84. The molecule has 21 heavy (non-hydrogen) atoms. The monoisotopic (exact) mass is 344 g/mol. The van der Waals surface area contributed by atoms with Crippen LogP contribution in [0.25, 0.3) is 10.8 Å². The fourth-order valence-electron chi connectivity index (χ4n) is 3.57.